The highest BCUT2D eigenvalue weighted by Crippen LogP contribution is 2.25. The molecular formula is C16H21ClFN3O3. The average Bonchev–Trinajstić information content (AvgIpc) is 2.58. The van der Waals surface area contributed by atoms with Crippen LogP contribution in [0.15, 0.2) is 18.2 Å². The average molecular weight is 358 g/mol. The normalized spacial score (nSPS) is 17.5. The van der Waals surface area contributed by atoms with Gasteiger partial charge in [0.05, 0.1) is 10.9 Å². The van der Waals surface area contributed by atoms with Gasteiger partial charge >= 0.3 is 0 Å². The molecule has 1 saturated heterocycles. The molecule has 8 heteroatoms. The van der Waals surface area contributed by atoms with Crippen LogP contribution in [-0.4, -0.2) is 49.5 Å². The zero-order valence-electron chi connectivity index (χ0n) is 13.3. The molecule has 0 spiro atoms. The summed E-state index contributed by atoms with van der Waals surface area (Å²) in [4.78, 5) is 25.9. The Hall–Kier alpha value is -1.86. The van der Waals surface area contributed by atoms with Crippen molar-refractivity contribution in [2.24, 2.45) is 11.7 Å². The number of rotatable bonds is 6. The van der Waals surface area contributed by atoms with E-state index in [4.69, 9.17) is 22.1 Å². The molecule has 132 valence electrons. The third kappa shape index (κ3) is 5.07. The Morgan fingerprint density at radius 1 is 1.46 bits per heavy atom. The van der Waals surface area contributed by atoms with Crippen LogP contribution in [0.2, 0.25) is 5.02 Å². The number of nitrogens with zero attached hydrogens (tertiary/aromatic N) is 1. The molecule has 1 atom stereocenters. The lowest BCUT2D eigenvalue weighted by molar-refractivity contribution is -0.137. The second-order valence-corrected chi connectivity index (χ2v) is 6.03. The third-order valence-electron chi connectivity index (χ3n) is 3.83. The predicted molar refractivity (Wildman–Crippen MR) is 88.3 cm³/mol. The van der Waals surface area contributed by atoms with Crippen LogP contribution in [0.25, 0.3) is 0 Å². The van der Waals surface area contributed by atoms with Gasteiger partial charge in [-0.15, -0.1) is 0 Å². The summed E-state index contributed by atoms with van der Waals surface area (Å²) < 4.78 is 18.3. The van der Waals surface area contributed by atoms with Gasteiger partial charge in [0.1, 0.15) is 11.6 Å². The fourth-order valence-corrected chi connectivity index (χ4v) is 2.80. The van der Waals surface area contributed by atoms with Gasteiger partial charge in [0, 0.05) is 26.2 Å². The molecule has 6 nitrogen and oxygen atoms in total. The lowest BCUT2D eigenvalue weighted by atomic mass is 9.97. The number of hydrogen-bond acceptors (Lipinski definition) is 4. The molecule has 0 saturated carbocycles. The van der Waals surface area contributed by atoms with E-state index in [2.05, 4.69) is 5.32 Å². The summed E-state index contributed by atoms with van der Waals surface area (Å²) in [6.07, 6.45) is 1.49. The summed E-state index contributed by atoms with van der Waals surface area (Å²) >= 11 is 5.86. The standard InChI is InChI=1S/C16H21ClFN3O3/c17-13-8-12(18)3-4-14(13)24-10-15(22)21-7-1-2-11(9-21)16(23)20-6-5-19/h3-4,8,11H,1-2,5-7,9-10,19H2,(H,20,23). The van der Waals surface area contributed by atoms with E-state index in [1.165, 1.54) is 12.1 Å². The first-order valence-electron chi connectivity index (χ1n) is 7.84. The van der Waals surface area contributed by atoms with Crippen molar-refractivity contribution in [1.82, 2.24) is 10.2 Å². The highest BCUT2D eigenvalue weighted by Gasteiger charge is 2.28. The Balaban J connectivity index is 1.86. The van der Waals surface area contributed by atoms with Crippen molar-refractivity contribution in [2.75, 3.05) is 32.8 Å². The fraction of sp³-hybridized carbons (Fsp3) is 0.500. The number of benzene rings is 1. The maximum atomic E-state index is 13.0. The van der Waals surface area contributed by atoms with E-state index in [-0.39, 0.29) is 35.1 Å². The van der Waals surface area contributed by atoms with Gasteiger partial charge < -0.3 is 20.7 Å². The molecule has 1 aliphatic heterocycles. The maximum absolute atomic E-state index is 13.0. The number of halogens is 2. The molecule has 1 aromatic carbocycles. The van der Waals surface area contributed by atoms with E-state index in [1.807, 2.05) is 0 Å². The molecule has 1 aliphatic rings. The van der Waals surface area contributed by atoms with Gasteiger partial charge in [-0.2, -0.15) is 0 Å². The zero-order valence-corrected chi connectivity index (χ0v) is 14.0. The van der Waals surface area contributed by atoms with Crippen LogP contribution in [-0.2, 0) is 9.59 Å². The van der Waals surface area contributed by atoms with E-state index >= 15 is 0 Å². The Morgan fingerprint density at radius 3 is 2.96 bits per heavy atom. The number of amides is 2. The van der Waals surface area contributed by atoms with Gasteiger partial charge in [-0.25, -0.2) is 4.39 Å². The molecule has 0 radical (unpaired) electrons. The first kappa shape index (κ1) is 18.5. The molecule has 1 fully saturated rings. The van der Waals surface area contributed by atoms with Crippen molar-refractivity contribution in [2.45, 2.75) is 12.8 Å². The smallest absolute Gasteiger partial charge is 0.260 e. The minimum absolute atomic E-state index is 0.0829. The van der Waals surface area contributed by atoms with E-state index < -0.39 is 5.82 Å². The number of likely N-dealkylation sites (tertiary alicyclic amines) is 1. The molecule has 3 N–H and O–H groups in total. The van der Waals surface area contributed by atoms with Crippen LogP contribution >= 0.6 is 11.6 Å². The van der Waals surface area contributed by atoms with Crippen LogP contribution in [0.1, 0.15) is 12.8 Å². The fourth-order valence-electron chi connectivity index (χ4n) is 2.58. The van der Waals surface area contributed by atoms with Crippen LogP contribution < -0.4 is 15.8 Å². The largest absolute Gasteiger partial charge is 0.482 e. The van der Waals surface area contributed by atoms with Crippen molar-refractivity contribution in [3.8, 4) is 5.75 Å². The third-order valence-corrected chi connectivity index (χ3v) is 4.13. The number of hydrogen-bond donors (Lipinski definition) is 2. The second kappa shape index (κ2) is 8.84. The van der Waals surface area contributed by atoms with E-state index in [0.29, 0.717) is 26.2 Å². The topological polar surface area (TPSA) is 84.7 Å². The van der Waals surface area contributed by atoms with Gasteiger partial charge in [-0.1, -0.05) is 11.6 Å². The highest BCUT2D eigenvalue weighted by molar-refractivity contribution is 6.32. The van der Waals surface area contributed by atoms with E-state index in [9.17, 15) is 14.0 Å². The predicted octanol–water partition coefficient (Wildman–Crippen LogP) is 1.17. The number of carbonyl (C=O) groups is 2. The van der Waals surface area contributed by atoms with Gasteiger partial charge in [-0.05, 0) is 31.0 Å². The molecule has 2 amide bonds. The molecule has 1 aromatic rings. The van der Waals surface area contributed by atoms with Crippen LogP contribution in [0.4, 0.5) is 4.39 Å². The van der Waals surface area contributed by atoms with E-state index in [1.54, 1.807) is 4.90 Å². The van der Waals surface area contributed by atoms with Gasteiger partial charge in [0.15, 0.2) is 6.61 Å². The van der Waals surface area contributed by atoms with Crippen molar-refractivity contribution < 1.29 is 18.7 Å². The molecular weight excluding hydrogens is 337 g/mol. The Bertz CT molecular complexity index is 600. The van der Waals surface area contributed by atoms with Crippen molar-refractivity contribution in [3.05, 3.63) is 29.0 Å². The SMILES string of the molecule is NCCNC(=O)C1CCCN(C(=O)COc2ccc(F)cc2Cl)C1. The summed E-state index contributed by atoms with van der Waals surface area (Å²) in [7, 11) is 0. The van der Waals surface area contributed by atoms with Crippen LogP contribution in [0, 0.1) is 11.7 Å². The van der Waals surface area contributed by atoms with Crippen LogP contribution in [0.3, 0.4) is 0 Å². The minimum atomic E-state index is -0.471. The van der Waals surface area contributed by atoms with Gasteiger partial charge in [0.25, 0.3) is 5.91 Å². The monoisotopic (exact) mass is 357 g/mol. The molecule has 0 bridgehead atoms. The zero-order chi connectivity index (χ0) is 17.5. The molecule has 0 aromatic heterocycles. The summed E-state index contributed by atoms with van der Waals surface area (Å²) in [5, 5.41) is 2.86. The second-order valence-electron chi connectivity index (χ2n) is 5.62. The minimum Gasteiger partial charge on any atom is -0.482 e. The number of nitrogens with two attached hydrogens (primary N) is 1. The number of nitrogens with one attached hydrogen (secondary N) is 1. The Morgan fingerprint density at radius 2 is 2.25 bits per heavy atom. The Kier molecular flexibility index (Phi) is 6.81. The lowest BCUT2D eigenvalue weighted by Gasteiger charge is -2.32. The highest BCUT2D eigenvalue weighted by atomic mass is 35.5. The molecule has 1 unspecified atom stereocenters. The molecule has 0 aliphatic carbocycles. The van der Waals surface area contributed by atoms with Gasteiger partial charge in [0.2, 0.25) is 5.91 Å². The number of ether oxygens (including phenoxy) is 1. The quantitative estimate of drug-likeness (QED) is 0.800. The molecule has 24 heavy (non-hydrogen) atoms. The summed E-state index contributed by atoms with van der Waals surface area (Å²) in [6.45, 7) is 1.54. The maximum Gasteiger partial charge on any atom is 0.260 e. The Labute approximate surface area is 145 Å². The molecule has 1 heterocycles. The lowest BCUT2D eigenvalue weighted by Crippen LogP contribution is -2.47. The van der Waals surface area contributed by atoms with Crippen molar-refractivity contribution in [1.29, 1.82) is 0 Å². The first-order chi connectivity index (χ1) is 11.5. The van der Waals surface area contributed by atoms with Crippen molar-refractivity contribution in [3.63, 3.8) is 0 Å². The number of carbonyl (C=O) groups excluding carboxylic acids is 2. The first-order valence-corrected chi connectivity index (χ1v) is 8.22. The summed E-state index contributed by atoms with van der Waals surface area (Å²) in [5.74, 6) is -0.766. The number of piperidine rings is 1. The van der Waals surface area contributed by atoms with Crippen LogP contribution in [0.5, 0.6) is 5.75 Å². The van der Waals surface area contributed by atoms with E-state index in [0.717, 1.165) is 18.9 Å². The summed E-state index contributed by atoms with van der Waals surface area (Å²) in [6, 6.07) is 3.72. The molecule has 2 rings (SSSR count). The summed E-state index contributed by atoms with van der Waals surface area (Å²) in [5.41, 5.74) is 5.37. The van der Waals surface area contributed by atoms with Gasteiger partial charge in [-0.3, -0.25) is 9.59 Å². The van der Waals surface area contributed by atoms with Crippen molar-refractivity contribution >= 4 is 23.4 Å².